The van der Waals surface area contributed by atoms with Crippen LogP contribution in [0.15, 0.2) is 36.5 Å². The van der Waals surface area contributed by atoms with E-state index in [1.807, 2.05) is 24.0 Å². The third kappa shape index (κ3) is 2.72. The number of aryl methyl sites for hydroxylation is 2. The Hall–Kier alpha value is -2.18. The minimum atomic E-state index is 0.130. The number of aromatic nitrogens is 4. The second-order valence-electron chi connectivity index (χ2n) is 6.43. The summed E-state index contributed by atoms with van der Waals surface area (Å²) in [4.78, 5) is 4.71. The molecule has 0 aliphatic carbocycles. The largest absolute Gasteiger partial charge is 0.372 e. The number of imidazole rings is 1. The highest BCUT2D eigenvalue weighted by atomic mass is 16.5. The monoisotopic (exact) mass is 325 g/mol. The van der Waals surface area contributed by atoms with E-state index in [1.54, 1.807) is 0 Å². The van der Waals surface area contributed by atoms with Crippen LogP contribution in [-0.2, 0) is 25.4 Å². The van der Waals surface area contributed by atoms with E-state index in [1.165, 1.54) is 5.52 Å². The number of ether oxygens (including phenoxy) is 1. The fourth-order valence-corrected chi connectivity index (χ4v) is 3.56. The highest BCUT2D eigenvalue weighted by Crippen LogP contribution is 2.33. The molecule has 1 N–H and O–H groups in total. The van der Waals surface area contributed by atoms with E-state index >= 15 is 0 Å². The van der Waals surface area contributed by atoms with Crippen LogP contribution in [0.1, 0.15) is 24.0 Å². The quantitative estimate of drug-likeness (QED) is 0.781. The van der Waals surface area contributed by atoms with Crippen molar-refractivity contribution in [2.75, 3.05) is 13.2 Å². The van der Waals surface area contributed by atoms with Gasteiger partial charge in [0.15, 0.2) is 0 Å². The molecule has 0 bridgehead atoms. The van der Waals surface area contributed by atoms with Gasteiger partial charge in [-0.05, 0) is 24.6 Å². The molecule has 0 saturated carbocycles. The van der Waals surface area contributed by atoms with Crippen molar-refractivity contribution in [3.63, 3.8) is 0 Å². The first kappa shape index (κ1) is 15.4. The van der Waals surface area contributed by atoms with Crippen LogP contribution in [0.3, 0.4) is 0 Å². The Morgan fingerprint density at radius 1 is 1.25 bits per heavy atom. The molecule has 4 rings (SSSR count). The molecule has 3 heterocycles. The minimum Gasteiger partial charge on any atom is -0.372 e. The molecule has 1 aliphatic heterocycles. The summed E-state index contributed by atoms with van der Waals surface area (Å²) in [6.07, 6.45) is 3.04. The van der Waals surface area contributed by atoms with Crippen molar-refractivity contribution in [3.05, 3.63) is 48.0 Å². The fraction of sp³-hybridized carbons (Fsp3) is 0.444. The van der Waals surface area contributed by atoms with Gasteiger partial charge in [-0.1, -0.05) is 12.1 Å². The van der Waals surface area contributed by atoms with Crippen molar-refractivity contribution < 1.29 is 4.74 Å². The maximum Gasteiger partial charge on any atom is 0.123 e. The Labute approximate surface area is 141 Å². The van der Waals surface area contributed by atoms with E-state index in [2.05, 4.69) is 46.3 Å². The van der Waals surface area contributed by atoms with Crippen molar-refractivity contribution in [2.24, 2.45) is 20.0 Å². The maximum absolute atomic E-state index is 5.94. The normalized spacial score (nSPS) is 20.9. The number of para-hydroxylation sites is 2. The predicted octanol–water partition coefficient (Wildman–Crippen LogP) is 2.17. The molecule has 126 valence electrons. The Morgan fingerprint density at radius 2 is 2.12 bits per heavy atom. The van der Waals surface area contributed by atoms with Crippen LogP contribution in [-0.4, -0.2) is 32.5 Å². The first-order chi connectivity index (χ1) is 11.7. The third-order valence-corrected chi connectivity index (χ3v) is 4.93. The van der Waals surface area contributed by atoms with E-state index in [0.717, 1.165) is 43.2 Å². The van der Waals surface area contributed by atoms with Crippen molar-refractivity contribution in [1.29, 1.82) is 0 Å². The summed E-state index contributed by atoms with van der Waals surface area (Å²) in [5, 5.41) is 7.83. The van der Waals surface area contributed by atoms with Gasteiger partial charge in [0.1, 0.15) is 11.9 Å². The van der Waals surface area contributed by atoms with Gasteiger partial charge in [-0.3, -0.25) is 4.68 Å². The molecule has 6 nitrogen and oxygen atoms in total. The van der Waals surface area contributed by atoms with Gasteiger partial charge in [0, 0.05) is 39.4 Å². The Kier molecular flexibility index (Phi) is 4.08. The molecule has 2 atom stereocenters. The van der Waals surface area contributed by atoms with Crippen LogP contribution in [0.25, 0.3) is 11.0 Å². The smallest absolute Gasteiger partial charge is 0.123 e. The van der Waals surface area contributed by atoms with Gasteiger partial charge in [0.05, 0.1) is 23.3 Å². The van der Waals surface area contributed by atoms with Gasteiger partial charge in [-0.15, -0.1) is 0 Å². The van der Waals surface area contributed by atoms with Crippen molar-refractivity contribution in [1.82, 2.24) is 24.6 Å². The summed E-state index contributed by atoms with van der Waals surface area (Å²) in [5.74, 6) is 1.53. The summed E-state index contributed by atoms with van der Waals surface area (Å²) in [5.41, 5.74) is 3.38. The van der Waals surface area contributed by atoms with Gasteiger partial charge in [0.25, 0.3) is 0 Å². The molecule has 1 aliphatic rings. The molecule has 24 heavy (non-hydrogen) atoms. The second-order valence-corrected chi connectivity index (χ2v) is 6.43. The average Bonchev–Trinajstić information content (AvgIpc) is 3.28. The Morgan fingerprint density at radius 3 is 2.92 bits per heavy atom. The van der Waals surface area contributed by atoms with E-state index in [0.29, 0.717) is 5.92 Å². The van der Waals surface area contributed by atoms with Crippen molar-refractivity contribution >= 4 is 11.0 Å². The zero-order chi connectivity index (χ0) is 16.5. The van der Waals surface area contributed by atoms with Gasteiger partial charge in [-0.25, -0.2) is 4.98 Å². The number of fused-ring (bicyclic) bond motifs is 1. The third-order valence-electron chi connectivity index (χ3n) is 4.93. The maximum atomic E-state index is 5.94. The lowest BCUT2D eigenvalue weighted by Gasteiger charge is -2.19. The first-order valence-electron chi connectivity index (χ1n) is 8.44. The van der Waals surface area contributed by atoms with E-state index < -0.39 is 0 Å². The highest BCUT2D eigenvalue weighted by Gasteiger charge is 2.31. The van der Waals surface area contributed by atoms with E-state index in [-0.39, 0.29) is 6.10 Å². The van der Waals surface area contributed by atoms with Crippen LogP contribution >= 0.6 is 0 Å². The predicted molar refractivity (Wildman–Crippen MR) is 92.4 cm³/mol. The SMILES string of the molecule is Cn1nccc1[C@@H]1OCC[C@H]1CNCc1nc2ccccc2n1C. The standard InChI is InChI=1S/C18H23N5O/c1-22-15-6-4-3-5-14(15)21-17(22)12-19-11-13-8-10-24-18(13)16-7-9-20-23(16)2/h3-7,9,13,18-19H,8,10-12H2,1-2H3/t13-,18+/m0/s1. The van der Waals surface area contributed by atoms with E-state index in [9.17, 15) is 0 Å². The van der Waals surface area contributed by atoms with Gasteiger partial charge >= 0.3 is 0 Å². The van der Waals surface area contributed by atoms with Gasteiger partial charge in [-0.2, -0.15) is 5.10 Å². The molecule has 1 aromatic carbocycles. The molecule has 3 aromatic rings. The van der Waals surface area contributed by atoms with Crippen LogP contribution in [0.4, 0.5) is 0 Å². The zero-order valence-electron chi connectivity index (χ0n) is 14.1. The van der Waals surface area contributed by atoms with Crippen molar-refractivity contribution in [2.45, 2.75) is 19.1 Å². The fourth-order valence-electron chi connectivity index (χ4n) is 3.56. The average molecular weight is 325 g/mol. The molecule has 0 spiro atoms. The van der Waals surface area contributed by atoms with Crippen LogP contribution < -0.4 is 5.32 Å². The summed E-state index contributed by atoms with van der Waals surface area (Å²) < 4.78 is 10.0. The Balaban J connectivity index is 1.41. The number of nitrogens with one attached hydrogen (secondary N) is 1. The molecule has 0 radical (unpaired) electrons. The van der Waals surface area contributed by atoms with Gasteiger partial charge in [0.2, 0.25) is 0 Å². The number of rotatable bonds is 5. The molecular weight excluding hydrogens is 302 g/mol. The number of hydrogen-bond donors (Lipinski definition) is 1. The molecule has 2 aromatic heterocycles. The summed E-state index contributed by atoms with van der Waals surface area (Å²) in [6.45, 7) is 2.49. The molecule has 1 fully saturated rings. The summed E-state index contributed by atoms with van der Waals surface area (Å²) >= 11 is 0. The van der Waals surface area contributed by atoms with E-state index in [4.69, 9.17) is 9.72 Å². The zero-order valence-corrected chi connectivity index (χ0v) is 14.1. The number of nitrogens with zero attached hydrogens (tertiary/aromatic N) is 4. The molecule has 0 unspecified atom stereocenters. The first-order valence-corrected chi connectivity index (χ1v) is 8.44. The molecule has 6 heteroatoms. The lowest BCUT2D eigenvalue weighted by atomic mass is 9.99. The minimum absolute atomic E-state index is 0.130. The van der Waals surface area contributed by atoms with Crippen molar-refractivity contribution in [3.8, 4) is 0 Å². The molecular formula is C18H23N5O. The molecule has 0 amide bonds. The van der Waals surface area contributed by atoms with Crippen LogP contribution in [0, 0.1) is 5.92 Å². The summed E-state index contributed by atoms with van der Waals surface area (Å²) in [6, 6.07) is 10.3. The number of benzene rings is 1. The Bertz CT molecular complexity index is 837. The summed E-state index contributed by atoms with van der Waals surface area (Å²) in [7, 11) is 4.05. The highest BCUT2D eigenvalue weighted by molar-refractivity contribution is 5.75. The lowest BCUT2D eigenvalue weighted by molar-refractivity contribution is 0.0837. The van der Waals surface area contributed by atoms with Crippen LogP contribution in [0.5, 0.6) is 0 Å². The topological polar surface area (TPSA) is 56.9 Å². The number of hydrogen-bond acceptors (Lipinski definition) is 4. The van der Waals surface area contributed by atoms with Gasteiger partial charge < -0.3 is 14.6 Å². The molecule has 1 saturated heterocycles. The second kappa shape index (κ2) is 6.37. The van der Waals surface area contributed by atoms with Crippen LogP contribution in [0.2, 0.25) is 0 Å². The lowest BCUT2D eigenvalue weighted by Crippen LogP contribution is -2.26.